The van der Waals surface area contributed by atoms with Gasteiger partial charge in [-0.2, -0.15) is 0 Å². The van der Waals surface area contributed by atoms with Gasteiger partial charge in [0.1, 0.15) is 0 Å². The number of fused-ring (bicyclic) bond motifs is 1. The lowest BCUT2D eigenvalue weighted by Gasteiger charge is -2.34. The topological polar surface area (TPSA) is 45.3 Å². The van der Waals surface area contributed by atoms with Gasteiger partial charge in [0.05, 0.1) is 0 Å². The summed E-state index contributed by atoms with van der Waals surface area (Å²) in [5, 5.41) is 0. The maximum atomic E-state index is 12.5. The third-order valence-corrected chi connectivity index (χ3v) is 5.47. The van der Waals surface area contributed by atoms with E-state index in [1.165, 1.54) is 5.56 Å². The van der Waals surface area contributed by atoms with Crippen LogP contribution in [0.3, 0.4) is 0 Å². The summed E-state index contributed by atoms with van der Waals surface area (Å²) >= 11 is 0. The van der Waals surface area contributed by atoms with Gasteiger partial charge in [-0.3, -0.25) is 9.69 Å². The Bertz CT molecular complexity index is 804. The number of rotatable bonds is 6. The zero-order valence-corrected chi connectivity index (χ0v) is 16.3. The van der Waals surface area contributed by atoms with Crippen molar-refractivity contribution in [2.45, 2.75) is 13.0 Å². The number of piperazine rings is 1. The minimum absolute atomic E-state index is 0.161. The van der Waals surface area contributed by atoms with Crippen LogP contribution < -0.4 is 14.4 Å². The van der Waals surface area contributed by atoms with Gasteiger partial charge in [0.15, 0.2) is 11.5 Å². The first kappa shape index (κ1) is 18.8. The van der Waals surface area contributed by atoms with E-state index in [1.807, 2.05) is 43.4 Å². The maximum Gasteiger partial charge on any atom is 0.231 e. The Labute approximate surface area is 166 Å². The molecule has 148 valence electrons. The number of nitrogens with zero attached hydrogens (tertiary/aromatic N) is 3. The number of para-hydroxylation sites is 1. The van der Waals surface area contributed by atoms with Crippen LogP contribution in [0.1, 0.15) is 12.0 Å². The van der Waals surface area contributed by atoms with Crippen molar-refractivity contribution < 1.29 is 14.3 Å². The average Bonchev–Trinajstić information content (AvgIpc) is 3.21. The molecule has 28 heavy (non-hydrogen) atoms. The van der Waals surface area contributed by atoms with E-state index in [2.05, 4.69) is 21.9 Å². The highest BCUT2D eigenvalue weighted by Gasteiger charge is 2.20. The van der Waals surface area contributed by atoms with Crippen molar-refractivity contribution in [3.63, 3.8) is 0 Å². The van der Waals surface area contributed by atoms with E-state index in [1.54, 1.807) is 4.90 Å². The summed E-state index contributed by atoms with van der Waals surface area (Å²) in [5.41, 5.74) is 2.19. The van der Waals surface area contributed by atoms with Gasteiger partial charge < -0.3 is 19.3 Å². The quantitative estimate of drug-likeness (QED) is 0.770. The fourth-order valence-corrected chi connectivity index (χ4v) is 3.69. The normalized spacial score (nSPS) is 16.9. The highest BCUT2D eigenvalue weighted by atomic mass is 16.7. The second-order valence-electron chi connectivity index (χ2n) is 7.34. The largest absolute Gasteiger partial charge is 0.454 e. The molecule has 1 saturated heterocycles. The number of amides is 1. The fourth-order valence-electron chi connectivity index (χ4n) is 3.69. The lowest BCUT2D eigenvalue weighted by molar-refractivity contribution is -0.118. The smallest absolute Gasteiger partial charge is 0.231 e. The molecule has 0 bridgehead atoms. The van der Waals surface area contributed by atoms with E-state index in [-0.39, 0.29) is 5.91 Å². The van der Waals surface area contributed by atoms with E-state index in [9.17, 15) is 4.79 Å². The second kappa shape index (κ2) is 8.63. The Morgan fingerprint density at radius 1 is 0.964 bits per heavy atom. The molecule has 0 saturated carbocycles. The molecule has 2 aromatic rings. The van der Waals surface area contributed by atoms with Gasteiger partial charge >= 0.3 is 0 Å². The van der Waals surface area contributed by atoms with Gasteiger partial charge in [0, 0.05) is 58.4 Å². The molecule has 4 rings (SSSR count). The van der Waals surface area contributed by atoms with Crippen molar-refractivity contribution in [1.82, 2.24) is 9.80 Å². The van der Waals surface area contributed by atoms with Crippen LogP contribution in [0.4, 0.5) is 5.69 Å². The van der Waals surface area contributed by atoms with E-state index >= 15 is 0 Å². The van der Waals surface area contributed by atoms with Gasteiger partial charge in [-0.15, -0.1) is 0 Å². The van der Waals surface area contributed by atoms with Gasteiger partial charge in [-0.1, -0.05) is 24.3 Å². The molecule has 0 spiro atoms. The van der Waals surface area contributed by atoms with Crippen molar-refractivity contribution in [2.75, 3.05) is 51.5 Å². The Balaban J connectivity index is 1.21. The number of carbonyl (C=O) groups excluding carboxylic acids is 1. The Morgan fingerprint density at radius 2 is 1.68 bits per heavy atom. The molecule has 2 aliphatic heterocycles. The number of benzene rings is 2. The van der Waals surface area contributed by atoms with Crippen LogP contribution in [0.25, 0.3) is 0 Å². The standard InChI is InChI=1S/C22H27N3O3/c1-23(19-5-3-2-4-6-19)22(26)9-10-24-11-13-25(14-12-24)16-18-7-8-20-21(15-18)28-17-27-20/h2-8,15H,9-14,16-17H2,1H3. The molecule has 0 aliphatic carbocycles. The van der Waals surface area contributed by atoms with Crippen LogP contribution in [0.5, 0.6) is 11.5 Å². The molecule has 6 nitrogen and oxygen atoms in total. The minimum atomic E-state index is 0.161. The number of carbonyl (C=O) groups is 1. The number of hydrogen-bond acceptors (Lipinski definition) is 5. The number of anilines is 1. The summed E-state index contributed by atoms with van der Waals surface area (Å²) in [5.74, 6) is 1.84. The number of ether oxygens (including phenoxy) is 2. The Kier molecular flexibility index (Phi) is 5.78. The van der Waals surface area contributed by atoms with Crippen LogP contribution in [-0.4, -0.2) is 62.3 Å². The van der Waals surface area contributed by atoms with E-state index in [0.29, 0.717) is 13.2 Å². The number of hydrogen-bond donors (Lipinski definition) is 0. The molecule has 0 N–H and O–H groups in total. The van der Waals surface area contributed by atoms with Crippen molar-refractivity contribution in [1.29, 1.82) is 0 Å². The summed E-state index contributed by atoms with van der Waals surface area (Å²) in [7, 11) is 1.85. The van der Waals surface area contributed by atoms with Gasteiger partial charge in [-0.05, 0) is 29.8 Å². The zero-order valence-electron chi connectivity index (χ0n) is 16.3. The predicted molar refractivity (Wildman–Crippen MR) is 109 cm³/mol. The zero-order chi connectivity index (χ0) is 19.3. The first-order valence-electron chi connectivity index (χ1n) is 9.84. The molecule has 1 amide bonds. The minimum Gasteiger partial charge on any atom is -0.454 e. The van der Waals surface area contributed by atoms with Crippen LogP contribution in [-0.2, 0) is 11.3 Å². The third kappa shape index (κ3) is 4.46. The van der Waals surface area contributed by atoms with E-state index in [4.69, 9.17) is 9.47 Å². The van der Waals surface area contributed by atoms with Crippen molar-refractivity contribution in [3.8, 4) is 11.5 Å². The van der Waals surface area contributed by atoms with Gasteiger partial charge in [0.25, 0.3) is 0 Å². The lowest BCUT2D eigenvalue weighted by atomic mass is 10.1. The molecule has 0 unspecified atom stereocenters. The molecule has 1 fully saturated rings. The SMILES string of the molecule is CN(C(=O)CCN1CCN(Cc2ccc3c(c2)OCO3)CC1)c1ccccc1. The van der Waals surface area contributed by atoms with Crippen LogP contribution >= 0.6 is 0 Å². The maximum absolute atomic E-state index is 12.5. The van der Waals surface area contributed by atoms with Crippen molar-refractivity contribution in [3.05, 3.63) is 54.1 Å². The molecule has 2 aromatic carbocycles. The summed E-state index contributed by atoms with van der Waals surface area (Å²) in [4.78, 5) is 19.0. The molecule has 0 atom stereocenters. The van der Waals surface area contributed by atoms with Crippen LogP contribution in [0, 0.1) is 0 Å². The fraction of sp³-hybridized carbons (Fsp3) is 0.409. The molecule has 2 heterocycles. The van der Waals surface area contributed by atoms with Gasteiger partial charge in [0.2, 0.25) is 12.7 Å². The highest BCUT2D eigenvalue weighted by Crippen LogP contribution is 2.32. The van der Waals surface area contributed by atoms with Crippen LogP contribution in [0.15, 0.2) is 48.5 Å². The van der Waals surface area contributed by atoms with Gasteiger partial charge in [-0.25, -0.2) is 0 Å². The van der Waals surface area contributed by atoms with Crippen molar-refractivity contribution in [2.24, 2.45) is 0 Å². The highest BCUT2D eigenvalue weighted by molar-refractivity contribution is 5.92. The van der Waals surface area contributed by atoms with Crippen molar-refractivity contribution >= 4 is 11.6 Å². The monoisotopic (exact) mass is 381 g/mol. The van der Waals surface area contributed by atoms with E-state index in [0.717, 1.165) is 56.5 Å². The summed E-state index contributed by atoms with van der Waals surface area (Å²) in [6, 6.07) is 16.0. The first-order chi connectivity index (χ1) is 13.7. The molecular weight excluding hydrogens is 354 g/mol. The summed E-state index contributed by atoms with van der Waals surface area (Å²) < 4.78 is 10.8. The molecule has 2 aliphatic rings. The lowest BCUT2D eigenvalue weighted by Crippen LogP contribution is -2.46. The molecular formula is C22H27N3O3. The molecule has 0 radical (unpaired) electrons. The Hall–Kier alpha value is -2.57. The second-order valence-corrected chi connectivity index (χ2v) is 7.34. The third-order valence-electron chi connectivity index (χ3n) is 5.47. The predicted octanol–water partition coefficient (Wildman–Crippen LogP) is 2.59. The first-order valence-corrected chi connectivity index (χ1v) is 9.84. The molecule has 6 heteroatoms. The Morgan fingerprint density at radius 3 is 2.46 bits per heavy atom. The average molecular weight is 381 g/mol. The summed E-state index contributed by atoms with van der Waals surface area (Å²) in [6.45, 7) is 6.05. The molecule has 0 aromatic heterocycles. The summed E-state index contributed by atoms with van der Waals surface area (Å²) in [6.07, 6.45) is 0.549. The van der Waals surface area contributed by atoms with Crippen LogP contribution in [0.2, 0.25) is 0 Å². The van der Waals surface area contributed by atoms with E-state index < -0.39 is 0 Å².